The van der Waals surface area contributed by atoms with E-state index < -0.39 is 23.7 Å². The molecule has 0 bridgehead atoms. The van der Waals surface area contributed by atoms with Crippen molar-refractivity contribution in [2.75, 3.05) is 18.4 Å². The van der Waals surface area contributed by atoms with Gasteiger partial charge in [0.1, 0.15) is 12.2 Å². The molecular weight excluding hydrogens is 482 g/mol. The molecule has 3 amide bonds. The van der Waals surface area contributed by atoms with Crippen molar-refractivity contribution in [2.24, 2.45) is 0 Å². The summed E-state index contributed by atoms with van der Waals surface area (Å²) in [6.07, 6.45) is -0.424. The molecule has 0 saturated carbocycles. The van der Waals surface area contributed by atoms with Gasteiger partial charge in [-0.2, -0.15) is 0 Å². The fourth-order valence-electron chi connectivity index (χ4n) is 3.61. The summed E-state index contributed by atoms with van der Waals surface area (Å²) in [7, 11) is 0. The van der Waals surface area contributed by atoms with Gasteiger partial charge in [-0.05, 0) is 56.0 Å². The Kier molecular flexibility index (Phi) is 10.3. The van der Waals surface area contributed by atoms with Gasteiger partial charge in [-0.15, -0.1) is 0 Å². The van der Waals surface area contributed by atoms with Gasteiger partial charge in [0.05, 0.1) is 5.92 Å². The third-order valence-corrected chi connectivity index (χ3v) is 5.49. The summed E-state index contributed by atoms with van der Waals surface area (Å²) < 4.78 is 10.5. The van der Waals surface area contributed by atoms with Gasteiger partial charge in [-0.1, -0.05) is 72.8 Å². The molecule has 8 heteroatoms. The van der Waals surface area contributed by atoms with Crippen LogP contribution < -0.4 is 16.0 Å². The molecule has 0 saturated heterocycles. The zero-order valence-corrected chi connectivity index (χ0v) is 22.0. The minimum absolute atomic E-state index is 0.0812. The van der Waals surface area contributed by atoms with Crippen LogP contribution in [0.25, 0.3) is 0 Å². The van der Waals surface area contributed by atoms with Crippen LogP contribution in [0.3, 0.4) is 0 Å². The first-order chi connectivity index (χ1) is 18.2. The fourth-order valence-corrected chi connectivity index (χ4v) is 3.61. The number of rotatable bonds is 10. The van der Waals surface area contributed by atoms with Gasteiger partial charge in [0.2, 0.25) is 5.91 Å². The first-order valence-corrected chi connectivity index (χ1v) is 12.6. The number of amides is 3. The van der Waals surface area contributed by atoms with Crippen molar-refractivity contribution in [1.82, 2.24) is 10.6 Å². The summed E-state index contributed by atoms with van der Waals surface area (Å²) in [6.45, 7) is 6.11. The fraction of sp³-hybridized carbons (Fsp3) is 0.300. The number of anilines is 1. The standard InChI is InChI=1S/C30H35N3O5/c1-30(2,3)38-29(36)31-19-18-22-14-16-25(17-15-22)33-27(34)26(24-12-8-5-9-13-24)20-32-28(35)37-21-23-10-6-4-7-11-23/h4-17,26H,18-21H2,1-3H3,(H,31,36)(H,32,35)(H,33,34)/t26-/m0/s1. The lowest BCUT2D eigenvalue weighted by molar-refractivity contribution is -0.117. The molecule has 0 unspecified atom stereocenters. The minimum atomic E-state index is -0.613. The van der Waals surface area contributed by atoms with Crippen molar-refractivity contribution in [1.29, 1.82) is 0 Å². The summed E-state index contributed by atoms with van der Waals surface area (Å²) in [6, 6.07) is 26.1. The van der Waals surface area contributed by atoms with Crippen molar-refractivity contribution in [3.63, 3.8) is 0 Å². The van der Waals surface area contributed by atoms with E-state index in [-0.39, 0.29) is 19.1 Å². The Morgan fingerprint density at radius 3 is 2.03 bits per heavy atom. The van der Waals surface area contributed by atoms with Crippen molar-refractivity contribution in [3.8, 4) is 0 Å². The van der Waals surface area contributed by atoms with E-state index in [0.717, 1.165) is 16.7 Å². The van der Waals surface area contributed by atoms with E-state index in [1.807, 2.05) is 106 Å². The van der Waals surface area contributed by atoms with Crippen molar-refractivity contribution >= 4 is 23.8 Å². The van der Waals surface area contributed by atoms with Gasteiger partial charge in [-0.25, -0.2) is 9.59 Å². The highest BCUT2D eigenvalue weighted by molar-refractivity contribution is 5.96. The molecular formula is C30H35N3O5. The Labute approximate surface area is 223 Å². The molecule has 0 fully saturated rings. The van der Waals surface area contributed by atoms with E-state index in [9.17, 15) is 14.4 Å². The molecule has 8 nitrogen and oxygen atoms in total. The second kappa shape index (κ2) is 13.8. The van der Waals surface area contributed by atoms with E-state index in [4.69, 9.17) is 9.47 Å². The predicted octanol–water partition coefficient (Wildman–Crippen LogP) is 5.40. The number of alkyl carbamates (subject to hydrolysis) is 2. The molecule has 0 aliphatic rings. The first kappa shape index (κ1) is 28.2. The van der Waals surface area contributed by atoms with Gasteiger partial charge >= 0.3 is 12.2 Å². The van der Waals surface area contributed by atoms with Crippen molar-refractivity contribution < 1.29 is 23.9 Å². The summed E-state index contributed by atoms with van der Waals surface area (Å²) >= 11 is 0. The Morgan fingerprint density at radius 1 is 0.763 bits per heavy atom. The molecule has 3 rings (SSSR count). The summed E-state index contributed by atoms with van der Waals surface area (Å²) in [5.41, 5.74) is 2.75. The van der Waals surface area contributed by atoms with E-state index in [1.54, 1.807) is 0 Å². The number of carbonyl (C=O) groups excluding carboxylic acids is 3. The van der Waals surface area contributed by atoms with Crippen LogP contribution in [0.2, 0.25) is 0 Å². The molecule has 0 spiro atoms. The van der Waals surface area contributed by atoms with Crippen LogP contribution in [0.15, 0.2) is 84.9 Å². The molecule has 0 aromatic heterocycles. The number of hydrogen-bond donors (Lipinski definition) is 3. The SMILES string of the molecule is CC(C)(C)OC(=O)NCCc1ccc(NC(=O)[C@@H](CNC(=O)OCc2ccccc2)c2ccccc2)cc1. The van der Waals surface area contributed by atoms with Crippen molar-refractivity contribution in [2.45, 2.75) is 45.3 Å². The normalized spacial score (nSPS) is 11.7. The van der Waals surface area contributed by atoms with E-state index in [1.165, 1.54) is 0 Å². The molecule has 0 aliphatic heterocycles. The van der Waals surface area contributed by atoms with E-state index in [2.05, 4.69) is 16.0 Å². The highest BCUT2D eigenvalue weighted by Gasteiger charge is 2.22. The Balaban J connectivity index is 1.53. The Morgan fingerprint density at radius 2 is 1.39 bits per heavy atom. The average molecular weight is 518 g/mol. The quantitative estimate of drug-likeness (QED) is 0.334. The molecule has 0 radical (unpaired) electrons. The largest absolute Gasteiger partial charge is 0.445 e. The van der Waals surface area contributed by atoms with Crippen LogP contribution in [0.1, 0.15) is 43.4 Å². The summed E-state index contributed by atoms with van der Waals surface area (Å²) in [4.78, 5) is 37.2. The van der Waals surface area contributed by atoms with Gasteiger partial charge < -0.3 is 25.4 Å². The Bertz CT molecular complexity index is 1180. The highest BCUT2D eigenvalue weighted by Crippen LogP contribution is 2.19. The van der Waals surface area contributed by atoms with Gasteiger partial charge in [0.15, 0.2) is 0 Å². The second-order valence-electron chi connectivity index (χ2n) is 9.77. The maximum Gasteiger partial charge on any atom is 0.407 e. The van der Waals surface area contributed by atoms with Gasteiger partial charge in [0.25, 0.3) is 0 Å². The maximum atomic E-state index is 13.2. The third kappa shape index (κ3) is 9.97. The topological polar surface area (TPSA) is 106 Å². The first-order valence-electron chi connectivity index (χ1n) is 12.6. The van der Waals surface area contributed by atoms with Crippen LogP contribution in [-0.2, 0) is 27.3 Å². The Hall–Kier alpha value is -4.33. The van der Waals surface area contributed by atoms with Crippen LogP contribution in [0.5, 0.6) is 0 Å². The highest BCUT2D eigenvalue weighted by atomic mass is 16.6. The minimum Gasteiger partial charge on any atom is -0.445 e. The number of benzene rings is 3. The molecule has 3 aromatic carbocycles. The van der Waals surface area contributed by atoms with E-state index in [0.29, 0.717) is 18.7 Å². The predicted molar refractivity (Wildman–Crippen MR) is 147 cm³/mol. The van der Waals surface area contributed by atoms with Gasteiger partial charge in [-0.3, -0.25) is 4.79 Å². The monoisotopic (exact) mass is 517 g/mol. The van der Waals surface area contributed by atoms with Crippen LogP contribution >= 0.6 is 0 Å². The lowest BCUT2D eigenvalue weighted by Gasteiger charge is -2.19. The number of hydrogen-bond acceptors (Lipinski definition) is 5. The molecule has 200 valence electrons. The molecule has 3 N–H and O–H groups in total. The smallest absolute Gasteiger partial charge is 0.407 e. The lowest BCUT2D eigenvalue weighted by atomic mass is 9.98. The third-order valence-electron chi connectivity index (χ3n) is 5.49. The van der Waals surface area contributed by atoms with Crippen LogP contribution in [0, 0.1) is 0 Å². The summed E-state index contributed by atoms with van der Waals surface area (Å²) in [5.74, 6) is -0.864. The average Bonchev–Trinajstić information content (AvgIpc) is 2.89. The second-order valence-corrected chi connectivity index (χ2v) is 9.77. The molecule has 0 heterocycles. The number of nitrogens with one attached hydrogen (secondary N) is 3. The molecule has 1 atom stereocenters. The zero-order valence-electron chi connectivity index (χ0n) is 22.0. The van der Waals surface area contributed by atoms with Crippen LogP contribution in [-0.4, -0.2) is 36.8 Å². The number of carbonyl (C=O) groups is 3. The van der Waals surface area contributed by atoms with Gasteiger partial charge in [0, 0.05) is 18.8 Å². The number of ether oxygens (including phenoxy) is 2. The lowest BCUT2D eigenvalue weighted by Crippen LogP contribution is -2.34. The van der Waals surface area contributed by atoms with Crippen LogP contribution in [0.4, 0.5) is 15.3 Å². The summed E-state index contributed by atoms with van der Waals surface area (Å²) in [5, 5.41) is 8.37. The maximum absolute atomic E-state index is 13.2. The molecule has 38 heavy (non-hydrogen) atoms. The zero-order chi connectivity index (χ0) is 27.4. The molecule has 0 aliphatic carbocycles. The van der Waals surface area contributed by atoms with Crippen molar-refractivity contribution in [3.05, 3.63) is 102 Å². The molecule has 3 aromatic rings. The van der Waals surface area contributed by atoms with E-state index >= 15 is 0 Å².